The molecule has 3 nitrogen and oxygen atoms in total. The molecule has 0 radical (unpaired) electrons. The van der Waals surface area contributed by atoms with Crippen molar-refractivity contribution in [2.24, 2.45) is 0 Å². The minimum absolute atomic E-state index is 0.579. The van der Waals surface area contributed by atoms with Crippen molar-refractivity contribution in [1.29, 1.82) is 0 Å². The summed E-state index contributed by atoms with van der Waals surface area (Å²) in [5.74, 6) is 2.63. The summed E-state index contributed by atoms with van der Waals surface area (Å²) in [4.78, 5) is 0. The van der Waals surface area contributed by atoms with Gasteiger partial charge in [0.05, 0.1) is 14.2 Å². The molecular weight excluding hydrogens is 300 g/mol. The van der Waals surface area contributed by atoms with Gasteiger partial charge in [-0.05, 0) is 64.4 Å². The van der Waals surface area contributed by atoms with Crippen LogP contribution in [0.3, 0.4) is 0 Å². The lowest BCUT2D eigenvalue weighted by molar-refractivity contribution is 0.358. The Balaban J connectivity index is 1.90. The Morgan fingerprint density at radius 1 is 0.833 bits per heavy atom. The van der Waals surface area contributed by atoms with E-state index in [-0.39, 0.29) is 0 Å². The van der Waals surface area contributed by atoms with E-state index in [9.17, 15) is 0 Å². The predicted octanol–water partition coefficient (Wildman–Crippen LogP) is 4.68. The highest BCUT2D eigenvalue weighted by molar-refractivity contribution is 6.01. The summed E-state index contributed by atoms with van der Waals surface area (Å²) in [6.45, 7) is 0.579. The zero-order valence-corrected chi connectivity index (χ0v) is 13.7. The zero-order chi connectivity index (χ0) is 16.5. The molecule has 0 spiro atoms. The largest absolute Gasteiger partial charge is 0.497 e. The summed E-state index contributed by atoms with van der Waals surface area (Å²) in [6.07, 6.45) is 2.13. The monoisotopic (exact) mass is 318 g/mol. The van der Waals surface area contributed by atoms with E-state index in [1.165, 1.54) is 5.57 Å². The number of rotatable bonds is 3. The number of methoxy groups -OCH3 is 2. The summed E-state index contributed by atoms with van der Waals surface area (Å²) in [7, 11) is 3.37. The van der Waals surface area contributed by atoms with Crippen molar-refractivity contribution in [1.82, 2.24) is 0 Å². The van der Waals surface area contributed by atoms with Gasteiger partial charge >= 0.3 is 0 Å². The van der Waals surface area contributed by atoms with E-state index in [0.29, 0.717) is 6.61 Å². The van der Waals surface area contributed by atoms with Crippen molar-refractivity contribution in [3.05, 3.63) is 71.8 Å². The topological polar surface area (TPSA) is 27.7 Å². The first-order valence-corrected chi connectivity index (χ1v) is 7.88. The summed E-state index contributed by atoms with van der Waals surface area (Å²) >= 11 is 0. The first-order valence-electron chi connectivity index (χ1n) is 7.88. The van der Waals surface area contributed by atoms with E-state index in [4.69, 9.17) is 14.2 Å². The lowest BCUT2D eigenvalue weighted by atomic mass is 9.91. The molecule has 4 rings (SSSR count). The van der Waals surface area contributed by atoms with Gasteiger partial charge in [0.1, 0.15) is 23.9 Å². The van der Waals surface area contributed by atoms with E-state index in [1.54, 1.807) is 14.2 Å². The van der Waals surface area contributed by atoms with Gasteiger partial charge in [-0.15, -0.1) is 0 Å². The number of fused-ring (bicyclic) bond motifs is 3. The lowest BCUT2D eigenvalue weighted by Gasteiger charge is -2.21. The lowest BCUT2D eigenvalue weighted by Crippen LogP contribution is -2.06. The van der Waals surface area contributed by atoms with Gasteiger partial charge in [-0.2, -0.15) is 0 Å². The second-order valence-electron chi connectivity index (χ2n) is 5.68. The van der Waals surface area contributed by atoms with Crippen LogP contribution in [-0.2, 0) is 0 Å². The molecule has 0 saturated carbocycles. The molecule has 0 aromatic heterocycles. The van der Waals surface area contributed by atoms with Crippen LogP contribution in [0.2, 0.25) is 0 Å². The maximum Gasteiger partial charge on any atom is 0.128 e. The van der Waals surface area contributed by atoms with Gasteiger partial charge in [-0.1, -0.05) is 18.2 Å². The molecule has 0 unspecified atom stereocenters. The van der Waals surface area contributed by atoms with Crippen LogP contribution in [0.25, 0.3) is 16.3 Å². The first-order chi connectivity index (χ1) is 11.8. The molecule has 0 N–H and O–H groups in total. The Morgan fingerprint density at radius 2 is 1.58 bits per heavy atom. The second-order valence-corrected chi connectivity index (χ2v) is 5.68. The summed E-state index contributed by atoms with van der Waals surface area (Å²) in [6, 6.07) is 18.4. The van der Waals surface area contributed by atoms with Crippen LogP contribution < -0.4 is 14.2 Å². The average Bonchev–Trinajstić information content (AvgIpc) is 2.67. The third-order valence-electron chi connectivity index (χ3n) is 4.39. The Morgan fingerprint density at radius 3 is 2.33 bits per heavy atom. The molecule has 3 heteroatoms. The molecule has 0 amide bonds. The fourth-order valence-corrected chi connectivity index (χ4v) is 3.16. The maximum absolute atomic E-state index is 5.85. The Bertz CT molecular complexity index is 924. The third kappa shape index (κ3) is 2.38. The fraction of sp³-hybridized carbons (Fsp3) is 0.143. The van der Waals surface area contributed by atoms with Crippen LogP contribution in [0, 0.1) is 0 Å². The normalized spacial score (nSPS) is 13.0. The van der Waals surface area contributed by atoms with Gasteiger partial charge in [0, 0.05) is 5.56 Å². The SMILES string of the molecule is COc1ccc(C2=CCOc3ccc4cc(OC)ccc4c32)cc1. The first kappa shape index (κ1) is 14.6. The molecule has 1 aliphatic heterocycles. The summed E-state index contributed by atoms with van der Waals surface area (Å²) in [5, 5.41) is 2.30. The van der Waals surface area contributed by atoms with Gasteiger partial charge in [0.2, 0.25) is 0 Å². The van der Waals surface area contributed by atoms with Gasteiger partial charge in [0.25, 0.3) is 0 Å². The Kier molecular flexibility index (Phi) is 3.62. The Hall–Kier alpha value is -2.94. The molecule has 3 aromatic carbocycles. The molecule has 1 heterocycles. The summed E-state index contributed by atoms with van der Waals surface area (Å²) in [5.41, 5.74) is 3.48. The molecular formula is C21H18O3. The number of benzene rings is 3. The molecule has 120 valence electrons. The van der Waals surface area contributed by atoms with Crippen LogP contribution in [0.5, 0.6) is 17.2 Å². The molecule has 3 aromatic rings. The van der Waals surface area contributed by atoms with Crippen molar-refractivity contribution in [3.8, 4) is 17.2 Å². The van der Waals surface area contributed by atoms with Gasteiger partial charge in [-0.25, -0.2) is 0 Å². The van der Waals surface area contributed by atoms with Crippen molar-refractivity contribution in [2.75, 3.05) is 20.8 Å². The van der Waals surface area contributed by atoms with E-state index in [2.05, 4.69) is 36.4 Å². The van der Waals surface area contributed by atoms with Crippen molar-refractivity contribution < 1.29 is 14.2 Å². The fourth-order valence-electron chi connectivity index (χ4n) is 3.16. The van der Waals surface area contributed by atoms with Crippen LogP contribution >= 0.6 is 0 Å². The minimum Gasteiger partial charge on any atom is -0.497 e. The molecule has 1 aliphatic rings. The maximum atomic E-state index is 5.85. The molecule has 24 heavy (non-hydrogen) atoms. The smallest absolute Gasteiger partial charge is 0.128 e. The highest BCUT2D eigenvalue weighted by atomic mass is 16.5. The predicted molar refractivity (Wildman–Crippen MR) is 96.1 cm³/mol. The highest BCUT2D eigenvalue weighted by Crippen LogP contribution is 2.40. The van der Waals surface area contributed by atoms with E-state index in [0.717, 1.165) is 39.1 Å². The average molecular weight is 318 g/mol. The van der Waals surface area contributed by atoms with E-state index < -0.39 is 0 Å². The third-order valence-corrected chi connectivity index (χ3v) is 4.39. The number of hydrogen-bond donors (Lipinski definition) is 0. The van der Waals surface area contributed by atoms with Crippen LogP contribution in [0.1, 0.15) is 11.1 Å². The van der Waals surface area contributed by atoms with Gasteiger partial charge in [-0.3, -0.25) is 0 Å². The Labute approximate surface area is 141 Å². The summed E-state index contributed by atoms with van der Waals surface area (Å²) < 4.78 is 16.5. The zero-order valence-electron chi connectivity index (χ0n) is 13.7. The van der Waals surface area contributed by atoms with Gasteiger partial charge in [0.15, 0.2) is 0 Å². The van der Waals surface area contributed by atoms with Crippen molar-refractivity contribution in [2.45, 2.75) is 0 Å². The number of ether oxygens (including phenoxy) is 3. The van der Waals surface area contributed by atoms with E-state index >= 15 is 0 Å². The van der Waals surface area contributed by atoms with Crippen molar-refractivity contribution >= 4 is 16.3 Å². The highest BCUT2D eigenvalue weighted by Gasteiger charge is 2.18. The van der Waals surface area contributed by atoms with Crippen LogP contribution in [-0.4, -0.2) is 20.8 Å². The standard InChI is InChI=1S/C21H18O3/c1-22-16-6-3-14(4-7-16)19-11-12-24-20-10-5-15-13-17(23-2)8-9-18(15)21(19)20/h3-11,13H,12H2,1-2H3. The van der Waals surface area contributed by atoms with Crippen LogP contribution in [0.15, 0.2) is 60.7 Å². The van der Waals surface area contributed by atoms with Crippen molar-refractivity contribution in [3.63, 3.8) is 0 Å². The van der Waals surface area contributed by atoms with E-state index in [1.807, 2.05) is 24.3 Å². The van der Waals surface area contributed by atoms with Crippen LogP contribution in [0.4, 0.5) is 0 Å². The minimum atomic E-state index is 0.579. The second kappa shape index (κ2) is 5.93. The molecule has 0 aliphatic carbocycles. The quantitative estimate of drug-likeness (QED) is 0.702. The molecule has 0 fully saturated rings. The molecule has 0 bridgehead atoms. The molecule has 0 saturated heterocycles. The van der Waals surface area contributed by atoms with Gasteiger partial charge < -0.3 is 14.2 Å². The molecule has 0 atom stereocenters. The number of hydrogen-bond acceptors (Lipinski definition) is 3.